The van der Waals surface area contributed by atoms with Crippen molar-refractivity contribution in [2.45, 2.75) is 160 Å². The summed E-state index contributed by atoms with van der Waals surface area (Å²) in [4.78, 5) is 16.0. The zero-order chi connectivity index (χ0) is 47.7. The summed E-state index contributed by atoms with van der Waals surface area (Å²) in [6.07, 6.45) is 9.97. The molecule has 1 spiro atoms. The first-order chi connectivity index (χ1) is 32.6. The van der Waals surface area contributed by atoms with E-state index < -0.39 is 6.23 Å². The van der Waals surface area contributed by atoms with Gasteiger partial charge in [0.1, 0.15) is 42.8 Å². The number of piperidine rings is 1. The number of fused-ring (bicyclic) bond motifs is 3. The third-order valence-corrected chi connectivity index (χ3v) is 19.2. The minimum Gasteiger partial charge on any atom is -0.489 e. The lowest BCUT2D eigenvalue weighted by atomic mass is 9.49. The highest BCUT2D eigenvalue weighted by Crippen LogP contribution is 2.56. The second kappa shape index (κ2) is 19.1. The summed E-state index contributed by atoms with van der Waals surface area (Å²) in [7, 11) is 0. The first kappa shape index (κ1) is 48.5. The second-order valence-electron chi connectivity index (χ2n) is 22.5. The van der Waals surface area contributed by atoms with E-state index in [0.29, 0.717) is 50.3 Å². The monoisotopic (exact) mass is 969 g/mol. The zero-order valence-electron chi connectivity index (χ0n) is 41.3. The zero-order valence-corrected chi connectivity index (χ0v) is 42.9. The van der Waals surface area contributed by atoms with E-state index in [1.807, 2.05) is 6.21 Å². The van der Waals surface area contributed by atoms with Crippen molar-refractivity contribution in [3.05, 3.63) is 58.6 Å². The smallest absolute Gasteiger partial charge is 0.304 e. The number of rotatable bonds is 13. The molecule has 68 heavy (non-hydrogen) atoms. The lowest BCUT2D eigenvalue weighted by Crippen LogP contribution is -2.75. The molecule has 14 nitrogen and oxygen atoms in total. The van der Waals surface area contributed by atoms with E-state index in [9.17, 15) is 10.4 Å². The molecule has 11 atom stereocenters. The number of nitrogens with zero attached hydrogens (tertiary/aromatic N) is 6. The molecular formula is C52H75ClN11O3S+. The fraction of sp³-hybridized carbons (Fsp3) is 0.692. The number of benzene rings is 2. The molecule has 0 bridgehead atoms. The van der Waals surface area contributed by atoms with Crippen LogP contribution in [0.15, 0.2) is 52.4 Å². The van der Waals surface area contributed by atoms with Gasteiger partial charge in [-0.2, -0.15) is 5.26 Å². The van der Waals surface area contributed by atoms with Gasteiger partial charge in [-0.05, 0) is 73.8 Å². The number of hydrogen-bond donors (Lipinski definition) is 6. The van der Waals surface area contributed by atoms with E-state index >= 15 is 0 Å². The number of nitriles is 1. The first-order valence-electron chi connectivity index (χ1n) is 25.5. The highest BCUT2D eigenvalue weighted by molar-refractivity contribution is 8.00. The van der Waals surface area contributed by atoms with Gasteiger partial charge in [0.05, 0.1) is 40.9 Å². The molecule has 2 saturated carbocycles. The van der Waals surface area contributed by atoms with Crippen molar-refractivity contribution in [3.63, 3.8) is 0 Å². The molecule has 0 aromatic heterocycles. The molecule has 2 aliphatic carbocycles. The summed E-state index contributed by atoms with van der Waals surface area (Å²) < 4.78 is 14.9. The molecule has 6 heterocycles. The van der Waals surface area contributed by atoms with Crippen molar-refractivity contribution < 1.29 is 19.2 Å². The van der Waals surface area contributed by atoms with E-state index in [1.54, 1.807) is 18.2 Å². The maximum atomic E-state index is 11.7. The van der Waals surface area contributed by atoms with Crippen molar-refractivity contribution in [3.8, 4) is 11.8 Å². The quantitative estimate of drug-likeness (QED) is 0.101. The van der Waals surface area contributed by atoms with Gasteiger partial charge >= 0.3 is 6.29 Å². The van der Waals surface area contributed by atoms with E-state index in [1.165, 1.54) is 42.6 Å². The van der Waals surface area contributed by atoms with Gasteiger partial charge in [-0.3, -0.25) is 20.5 Å². The Bertz CT molecular complexity index is 2270. The molecule has 8 aliphatic rings. The number of anilines is 1. The summed E-state index contributed by atoms with van der Waals surface area (Å²) in [5.74, 6) is 1.24. The van der Waals surface area contributed by atoms with Crippen LogP contribution in [0.4, 0.5) is 5.69 Å². The first-order valence-corrected chi connectivity index (χ1v) is 26.8. The summed E-state index contributed by atoms with van der Waals surface area (Å²) in [6, 6.07) is 17.2. The van der Waals surface area contributed by atoms with Crippen molar-refractivity contribution in [2.75, 3.05) is 37.7 Å². The van der Waals surface area contributed by atoms with Gasteiger partial charge < -0.3 is 19.5 Å². The fourth-order valence-corrected chi connectivity index (χ4v) is 15.7. The van der Waals surface area contributed by atoms with Crippen molar-refractivity contribution in [1.82, 2.24) is 31.7 Å². The Morgan fingerprint density at radius 1 is 1.07 bits per heavy atom. The number of hydrogen-bond acceptors (Lipinski definition) is 14. The Morgan fingerprint density at radius 3 is 2.50 bits per heavy atom. The van der Waals surface area contributed by atoms with Crippen LogP contribution in [0.25, 0.3) is 0 Å². The molecule has 10 rings (SSSR count). The maximum Gasteiger partial charge on any atom is 0.304 e. The Morgan fingerprint density at radius 2 is 1.82 bits per heavy atom. The summed E-state index contributed by atoms with van der Waals surface area (Å²) in [6.45, 7) is 22.6. The van der Waals surface area contributed by atoms with Crippen molar-refractivity contribution in [2.24, 2.45) is 44.0 Å². The van der Waals surface area contributed by atoms with Gasteiger partial charge in [0.2, 0.25) is 0 Å². The molecule has 16 heteroatoms. The maximum absolute atomic E-state index is 11.7. The molecule has 6 fully saturated rings. The molecule has 0 amide bonds. The number of aliphatic hydroxyl groups excluding tert-OH is 1. The average molecular weight is 970 g/mol. The predicted octanol–water partition coefficient (Wildman–Crippen LogP) is 6.12. The number of hydrazine groups is 1. The number of aliphatic hydroxyl groups is 1. The molecular weight excluding hydrogens is 894 g/mol. The topological polar surface area (TPSA) is 157 Å². The SMILES string of the molecule is CCC[N+]1=CC(C(O)NC2C(C)(C)C(Oc3ccc(C#N)c(Cl)c3)C2(C)C)C=NC1NC1CC2(CCN(c3ccc(C4=NC(CC5NCCO5)C5NNC(C)N5C5SC(C)C(C)C45)cc3)CC2)C1. The van der Waals surface area contributed by atoms with Gasteiger partial charge in [0.25, 0.3) is 0 Å². The fourth-order valence-electron chi connectivity index (χ4n) is 13.6. The predicted molar refractivity (Wildman–Crippen MR) is 272 cm³/mol. The van der Waals surface area contributed by atoms with Gasteiger partial charge in [0, 0.05) is 90.2 Å². The van der Waals surface area contributed by atoms with Gasteiger partial charge in [-0.1, -0.05) is 72.2 Å². The third kappa shape index (κ3) is 8.96. The molecule has 4 saturated heterocycles. The number of ether oxygens (including phenoxy) is 2. The Kier molecular flexibility index (Phi) is 13.6. The average Bonchev–Trinajstić information content (AvgIpc) is 4.02. The lowest BCUT2D eigenvalue weighted by molar-refractivity contribution is -0.571. The van der Waals surface area contributed by atoms with Crippen LogP contribution in [0, 0.1) is 45.3 Å². The molecule has 368 valence electrons. The van der Waals surface area contributed by atoms with E-state index in [4.69, 9.17) is 31.1 Å². The van der Waals surface area contributed by atoms with Crippen LogP contribution in [-0.2, 0) is 4.74 Å². The Labute approximate surface area is 413 Å². The van der Waals surface area contributed by atoms with Crippen molar-refractivity contribution >= 4 is 47.2 Å². The van der Waals surface area contributed by atoms with Crippen LogP contribution in [0.2, 0.25) is 5.02 Å². The van der Waals surface area contributed by atoms with Crippen molar-refractivity contribution in [1.29, 1.82) is 5.26 Å². The van der Waals surface area contributed by atoms with E-state index in [0.717, 1.165) is 45.6 Å². The van der Waals surface area contributed by atoms with Crippen LogP contribution < -0.4 is 36.4 Å². The van der Waals surface area contributed by atoms with Crippen LogP contribution in [0.3, 0.4) is 0 Å². The molecule has 6 aliphatic heterocycles. The number of aliphatic imine (C=N–C) groups is 2. The van der Waals surface area contributed by atoms with Crippen LogP contribution in [-0.4, -0.2) is 131 Å². The van der Waals surface area contributed by atoms with E-state index in [-0.39, 0.29) is 59.8 Å². The molecule has 6 N–H and O–H groups in total. The normalized spacial score (nSPS) is 36.5. The summed E-state index contributed by atoms with van der Waals surface area (Å²) >= 11 is 8.44. The highest BCUT2D eigenvalue weighted by Gasteiger charge is 2.64. The Hall–Kier alpha value is -3.14. The summed E-state index contributed by atoms with van der Waals surface area (Å²) in [5, 5.41) is 33.3. The number of nitrogens with one attached hydrogen (secondary N) is 5. The van der Waals surface area contributed by atoms with Gasteiger partial charge in [-0.15, -0.1) is 11.8 Å². The van der Waals surface area contributed by atoms with Crippen LogP contribution in [0.1, 0.15) is 105 Å². The largest absolute Gasteiger partial charge is 0.489 e. The van der Waals surface area contributed by atoms with Crippen LogP contribution in [0.5, 0.6) is 5.75 Å². The summed E-state index contributed by atoms with van der Waals surface area (Å²) in [5.41, 5.74) is 11.3. The van der Waals surface area contributed by atoms with Crippen LogP contribution >= 0.6 is 23.4 Å². The number of halogens is 1. The second-order valence-corrected chi connectivity index (χ2v) is 24.4. The minimum atomic E-state index is -0.804. The third-order valence-electron chi connectivity index (χ3n) is 17.2. The molecule has 0 radical (unpaired) electrons. The Balaban J connectivity index is 0.735. The molecule has 11 unspecified atom stereocenters. The molecule has 2 aromatic carbocycles. The van der Waals surface area contributed by atoms with Gasteiger partial charge in [-0.25, -0.2) is 25.7 Å². The van der Waals surface area contributed by atoms with Gasteiger partial charge in [0.15, 0.2) is 6.21 Å². The highest BCUT2D eigenvalue weighted by atomic mass is 35.5. The molecule has 2 aromatic rings. The standard InChI is InChI=1S/C52H75ClN11O3S/c1-9-19-63-29-35(45(65)59-47-50(5,6)48(51(47,7)8)67-38-15-12-34(27-54)39(53)23-38)28-56-49(63)57-36-25-52(26-36)16-20-62(21-17-52)37-13-10-33(11-14-37)43-42-30(2)31(3)68-46(42)64-32(4)60-61-44(64)40(58-43)24-41-55-18-22-66-41/h10-15,23,28-32,35-36,40-42,44-49,55,57,59-61,65H,9,16-22,24-26H2,1-8H3/q+1. The van der Waals surface area contributed by atoms with E-state index in [2.05, 4.69) is 145 Å². The number of thioether (sulfide) groups is 1. The minimum absolute atomic E-state index is 0.0160. The lowest BCUT2D eigenvalue weighted by Gasteiger charge is -2.63.